The van der Waals surface area contributed by atoms with Crippen molar-refractivity contribution in [2.75, 3.05) is 6.61 Å². The summed E-state index contributed by atoms with van der Waals surface area (Å²) in [7, 11) is 0. The van der Waals surface area contributed by atoms with Crippen molar-refractivity contribution in [2.24, 2.45) is 10.9 Å². The monoisotopic (exact) mass is 249 g/mol. The number of pyridine rings is 1. The molecular weight excluding hydrogens is 239 g/mol. The van der Waals surface area contributed by atoms with E-state index in [4.69, 9.17) is 15.7 Å². The van der Waals surface area contributed by atoms with E-state index in [0.29, 0.717) is 0 Å². The molecular formula is C9H10F3N3O2. The van der Waals surface area contributed by atoms with Gasteiger partial charge in [-0.1, -0.05) is 5.16 Å². The van der Waals surface area contributed by atoms with Crippen LogP contribution in [0.2, 0.25) is 0 Å². The average Bonchev–Trinajstić information content (AvgIpc) is 2.27. The summed E-state index contributed by atoms with van der Waals surface area (Å²) < 4.78 is 40.5. The lowest BCUT2D eigenvalue weighted by atomic mass is 10.2. The van der Waals surface area contributed by atoms with Crippen molar-refractivity contribution < 1.29 is 23.1 Å². The first-order valence-electron chi connectivity index (χ1n) is 4.56. The lowest BCUT2D eigenvalue weighted by Crippen LogP contribution is -2.18. The molecule has 3 N–H and O–H groups in total. The minimum atomic E-state index is -4.30. The second-order valence-electron chi connectivity index (χ2n) is 3.05. The molecule has 94 valence electrons. The van der Waals surface area contributed by atoms with E-state index in [1.807, 2.05) is 0 Å². The first-order chi connectivity index (χ1) is 7.94. The highest BCUT2D eigenvalue weighted by Crippen LogP contribution is 2.20. The van der Waals surface area contributed by atoms with Gasteiger partial charge in [0.1, 0.15) is 0 Å². The van der Waals surface area contributed by atoms with Gasteiger partial charge in [0.2, 0.25) is 5.88 Å². The second-order valence-corrected chi connectivity index (χ2v) is 3.05. The Bertz CT molecular complexity index is 407. The van der Waals surface area contributed by atoms with E-state index in [-0.39, 0.29) is 17.3 Å². The number of alkyl halides is 3. The van der Waals surface area contributed by atoms with Gasteiger partial charge in [-0.2, -0.15) is 13.2 Å². The molecule has 1 heterocycles. The molecule has 0 fully saturated rings. The third kappa shape index (κ3) is 4.17. The standard InChI is InChI=1S/C9H10F3N3O2/c10-9(11,12)3-5-17-8-6(7(13)15-16)2-1-4-14-8/h1-2,4,16H,3,5H2,(H2,13,15). The number of hydrogen-bond donors (Lipinski definition) is 2. The first kappa shape index (κ1) is 13.1. The Balaban J connectivity index is 2.71. The molecule has 1 aromatic rings. The van der Waals surface area contributed by atoms with E-state index >= 15 is 0 Å². The Kier molecular flexibility index (Phi) is 4.13. The molecule has 0 saturated carbocycles. The highest BCUT2D eigenvalue weighted by atomic mass is 19.4. The van der Waals surface area contributed by atoms with E-state index in [9.17, 15) is 13.2 Å². The van der Waals surface area contributed by atoms with Gasteiger partial charge in [0, 0.05) is 6.20 Å². The number of oxime groups is 1. The van der Waals surface area contributed by atoms with Crippen LogP contribution in [-0.4, -0.2) is 28.8 Å². The topological polar surface area (TPSA) is 80.7 Å². The molecule has 0 radical (unpaired) electrons. The summed E-state index contributed by atoms with van der Waals surface area (Å²) in [4.78, 5) is 3.71. The third-order valence-corrected chi connectivity index (χ3v) is 1.78. The number of ether oxygens (including phenoxy) is 1. The molecule has 0 saturated heterocycles. The zero-order valence-electron chi connectivity index (χ0n) is 8.61. The van der Waals surface area contributed by atoms with Crippen LogP contribution in [0.4, 0.5) is 13.2 Å². The van der Waals surface area contributed by atoms with Gasteiger partial charge in [-0.05, 0) is 12.1 Å². The van der Waals surface area contributed by atoms with Crippen LogP contribution in [-0.2, 0) is 0 Å². The van der Waals surface area contributed by atoms with E-state index in [2.05, 4.69) is 10.1 Å². The van der Waals surface area contributed by atoms with E-state index < -0.39 is 19.2 Å². The molecule has 1 rings (SSSR count). The van der Waals surface area contributed by atoms with Gasteiger partial charge in [0.25, 0.3) is 0 Å². The fourth-order valence-corrected chi connectivity index (χ4v) is 1.02. The number of nitrogens with zero attached hydrogens (tertiary/aromatic N) is 2. The molecule has 0 aliphatic heterocycles. The van der Waals surface area contributed by atoms with Crippen LogP contribution in [0.5, 0.6) is 5.88 Å². The second kappa shape index (κ2) is 5.37. The number of hydrogen-bond acceptors (Lipinski definition) is 4. The van der Waals surface area contributed by atoms with Crippen molar-refractivity contribution in [1.29, 1.82) is 0 Å². The Morgan fingerprint density at radius 3 is 2.82 bits per heavy atom. The Morgan fingerprint density at radius 1 is 1.53 bits per heavy atom. The summed E-state index contributed by atoms with van der Waals surface area (Å²) >= 11 is 0. The van der Waals surface area contributed by atoms with Crippen LogP contribution in [0.1, 0.15) is 12.0 Å². The van der Waals surface area contributed by atoms with E-state index in [0.717, 1.165) is 0 Å². The van der Waals surface area contributed by atoms with Crippen LogP contribution in [0.3, 0.4) is 0 Å². The lowest BCUT2D eigenvalue weighted by Gasteiger charge is -2.10. The summed E-state index contributed by atoms with van der Waals surface area (Å²) in [6.45, 7) is -0.577. The SMILES string of the molecule is N/C(=N/O)c1cccnc1OCCC(F)(F)F. The largest absolute Gasteiger partial charge is 0.477 e. The number of nitrogens with two attached hydrogens (primary N) is 1. The van der Waals surface area contributed by atoms with Gasteiger partial charge in [-0.15, -0.1) is 0 Å². The molecule has 0 aromatic carbocycles. The third-order valence-electron chi connectivity index (χ3n) is 1.78. The van der Waals surface area contributed by atoms with Gasteiger partial charge in [-0.25, -0.2) is 4.98 Å². The van der Waals surface area contributed by atoms with Gasteiger partial charge in [0.05, 0.1) is 18.6 Å². The highest BCUT2D eigenvalue weighted by Gasteiger charge is 2.27. The normalized spacial score (nSPS) is 12.5. The molecule has 8 heteroatoms. The van der Waals surface area contributed by atoms with Gasteiger partial charge in [-0.3, -0.25) is 0 Å². The van der Waals surface area contributed by atoms with Crippen LogP contribution in [0.15, 0.2) is 23.5 Å². The van der Waals surface area contributed by atoms with Gasteiger partial charge >= 0.3 is 6.18 Å². The van der Waals surface area contributed by atoms with Gasteiger partial charge < -0.3 is 15.7 Å². The Morgan fingerprint density at radius 2 is 2.24 bits per heavy atom. The lowest BCUT2D eigenvalue weighted by molar-refractivity contribution is -0.139. The predicted octanol–water partition coefficient (Wildman–Crippen LogP) is 1.51. The maximum atomic E-state index is 11.9. The Labute approximate surface area is 94.7 Å². The fraction of sp³-hybridized carbons (Fsp3) is 0.333. The zero-order valence-corrected chi connectivity index (χ0v) is 8.61. The van der Waals surface area contributed by atoms with Crippen LogP contribution < -0.4 is 10.5 Å². The molecule has 0 amide bonds. The maximum absolute atomic E-state index is 11.9. The minimum Gasteiger partial charge on any atom is -0.477 e. The molecule has 0 bridgehead atoms. The Hall–Kier alpha value is -1.99. The molecule has 1 aromatic heterocycles. The number of halogens is 3. The van der Waals surface area contributed by atoms with Crippen LogP contribution in [0, 0.1) is 0 Å². The smallest absolute Gasteiger partial charge is 0.392 e. The molecule has 5 nitrogen and oxygen atoms in total. The van der Waals surface area contributed by atoms with Gasteiger partial charge in [0.15, 0.2) is 5.84 Å². The number of amidine groups is 1. The quantitative estimate of drug-likeness (QED) is 0.367. The zero-order chi connectivity index (χ0) is 12.9. The summed E-state index contributed by atoms with van der Waals surface area (Å²) in [6.07, 6.45) is -4.07. The van der Waals surface area contributed by atoms with Crippen molar-refractivity contribution in [2.45, 2.75) is 12.6 Å². The summed E-state index contributed by atoms with van der Waals surface area (Å²) in [5.41, 5.74) is 5.45. The number of rotatable bonds is 4. The highest BCUT2D eigenvalue weighted by molar-refractivity contribution is 5.98. The predicted molar refractivity (Wildman–Crippen MR) is 52.9 cm³/mol. The summed E-state index contributed by atoms with van der Waals surface area (Å²) in [6, 6.07) is 2.91. The maximum Gasteiger partial charge on any atom is 0.392 e. The van der Waals surface area contributed by atoms with Crippen LogP contribution in [0.25, 0.3) is 0 Å². The molecule has 17 heavy (non-hydrogen) atoms. The molecule has 0 aliphatic carbocycles. The molecule has 0 unspecified atom stereocenters. The number of aromatic nitrogens is 1. The first-order valence-corrected chi connectivity index (χ1v) is 4.56. The van der Waals surface area contributed by atoms with Crippen molar-refractivity contribution >= 4 is 5.84 Å². The molecule has 0 aliphatic rings. The fourth-order valence-electron chi connectivity index (χ4n) is 1.02. The van der Waals surface area contributed by atoms with Crippen molar-refractivity contribution in [3.05, 3.63) is 23.9 Å². The van der Waals surface area contributed by atoms with Crippen molar-refractivity contribution in [3.63, 3.8) is 0 Å². The summed E-state index contributed by atoms with van der Waals surface area (Å²) in [5, 5.41) is 11.2. The van der Waals surface area contributed by atoms with E-state index in [1.165, 1.54) is 18.3 Å². The van der Waals surface area contributed by atoms with Crippen molar-refractivity contribution in [1.82, 2.24) is 4.98 Å². The minimum absolute atomic E-state index is 0.105. The van der Waals surface area contributed by atoms with Crippen LogP contribution >= 0.6 is 0 Å². The molecule has 0 atom stereocenters. The van der Waals surface area contributed by atoms with E-state index in [1.54, 1.807) is 0 Å². The summed E-state index contributed by atoms with van der Waals surface area (Å²) in [5.74, 6) is -0.382. The average molecular weight is 249 g/mol. The van der Waals surface area contributed by atoms with Crippen molar-refractivity contribution in [3.8, 4) is 5.88 Å². The molecule has 0 spiro atoms.